The Morgan fingerprint density at radius 3 is 3.00 bits per heavy atom. The third-order valence-electron chi connectivity index (χ3n) is 4.20. The van der Waals surface area contributed by atoms with Crippen LogP contribution < -0.4 is 10.5 Å². The van der Waals surface area contributed by atoms with Crippen LogP contribution in [0.15, 0.2) is 51.8 Å². The van der Waals surface area contributed by atoms with Gasteiger partial charge in [0.15, 0.2) is 5.58 Å². The summed E-state index contributed by atoms with van der Waals surface area (Å²) < 4.78 is 12.2. The van der Waals surface area contributed by atoms with Crippen LogP contribution in [0.4, 0.5) is 0 Å². The van der Waals surface area contributed by atoms with Crippen molar-refractivity contribution in [1.82, 2.24) is 19.7 Å². The molecule has 1 fully saturated rings. The van der Waals surface area contributed by atoms with Gasteiger partial charge in [0.2, 0.25) is 11.8 Å². The second kappa shape index (κ2) is 6.39. The van der Waals surface area contributed by atoms with Crippen molar-refractivity contribution in [3.05, 3.63) is 53.1 Å². The Labute approximate surface area is 142 Å². The minimum Gasteiger partial charge on any atom is -0.471 e. The van der Waals surface area contributed by atoms with Gasteiger partial charge in [-0.3, -0.25) is 9.36 Å². The summed E-state index contributed by atoms with van der Waals surface area (Å²) in [6.07, 6.45) is 2.16. The van der Waals surface area contributed by atoms with Crippen LogP contribution >= 0.6 is 0 Å². The minimum atomic E-state index is -0.527. The van der Waals surface area contributed by atoms with Crippen molar-refractivity contribution >= 4 is 17.0 Å². The van der Waals surface area contributed by atoms with E-state index in [0.29, 0.717) is 36.5 Å². The number of oxazole rings is 1. The van der Waals surface area contributed by atoms with Crippen molar-refractivity contribution in [3.63, 3.8) is 0 Å². The maximum atomic E-state index is 12.5. The first-order valence-corrected chi connectivity index (χ1v) is 8.01. The molecule has 0 saturated carbocycles. The number of fused-ring (bicyclic) bond motifs is 1. The zero-order chi connectivity index (χ0) is 17.2. The number of hydrogen-bond acceptors (Lipinski definition) is 6. The molecule has 0 radical (unpaired) electrons. The van der Waals surface area contributed by atoms with Gasteiger partial charge < -0.3 is 14.1 Å². The zero-order valence-electron chi connectivity index (χ0n) is 13.4. The lowest BCUT2D eigenvalue weighted by molar-refractivity contribution is -0.131. The van der Waals surface area contributed by atoms with Crippen molar-refractivity contribution in [2.45, 2.75) is 19.1 Å². The van der Waals surface area contributed by atoms with Crippen molar-refractivity contribution in [1.29, 1.82) is 0 Å². The Balaban J connectivity index is 1.43. The van der Waals surface area contributed by atoms with E-state index in [1.54, 1.807) is 47.5 Å². The highest BCUT2D eigenvalue weighted by molar-refractivity contribution is 5.79. The molecule has 8 nitrogen and oxygen atoms in total. The molecule has 4 rings (SSSR count). The molecule has 1 atom stereocenters. The highest BCUT2D eigenvalue weighted by Gasteiger charge is 2.28. The topological polar surface area (TPSA) is 90.5 Å². The molecule has 0 spiro atoms. The van der Waals surface area contributed by atoms with Gasteiger partial charge in [0.25, 0.3) is 0 Å². The van der Waals surface area contributed by atoms with Crippen LogP contribution in [0.3, 0.4) is 0 Å². The zero-order valence-corrected chi connectivity index (χ0v) is 13.4. The first-order valence-electron chi connectivity index (χ1n) is 8.01. The van der Waals surface area contributed by atoms with Gasteiger partial charge in [-0.15, -0.1) is 5.10 Å². The molecule has 128 valence electrons. The molecule has 8 heteroatoms. The normalized spacial score (nSPS) is 17.1. The summed E-state index contributed by atoms with van der Waals surface area (Å²) in [6, 6.07) is 10.5. The number of carbonyl (C=O) groups excluding carboxylic acids is 1. The molecule has 0 aliphatic carbocycles. The van der Waals surface area contributed by atoms with Gasteiger partial charge in [0, 0.05) is 25.2 Å². The lowest BCUT2D eigenvalue weighted by Crippen LogP contribution is -2.35. The number of amides is 1. The number of aromatic nitrogens is 3. The standard InChI is InChI=1S/C17H16N4O4/c22-16(11-21-13-4-1-2-5-14(13)25-17(21)23)20-9-7-12(10-20)24-15-6-3-8-18-19-15/h1-6,8,12H,7,9-11H2/t12-/m0/s1. The maximum Gasteiger partial charge on any atom is 0.420 e. The summed E-state index contributed by atoms with van der Waals surface area (Å²) in [5.41, 5.74) is 1.10. The summed E-state index contributed by atoms with van der Waals surface area (Å²) in [4.78, 5) is 26.2. The molecule has 1 aromatic carbocycles. The average Bonchev–Trinajstić information content (AvgIpc) is 3.21. The number of para-hydroxylation sites is 2. The van der Waals surface area contributed by atoms with Crippen molar-refractivity contribution < 1.29 is 13.9 Å². The number of ether oxygens (including phenoxy) is 1. The molecule has 3 aromatic rings. The van der Waals surface area contributed by atoms with Gasteiger partial charge >= 0.3 is 5.76 Å². The minimum absolute atomic E-state index is 0.0479. The molecule has 1 saturated heterocycles. The molecule has 1 aliphatic rings. The Morgan fingerprint density at radius 1 is 1.28 bits per heavy atom. The fraction of sp³-hybridized carbons (Fsp3) is 0.294. The fourth-order valence-electron chi connectivity index (χ4n) is 2.97. The van der Waals surface area contributed by atoms with Crippen LogP contribution in [-0.2, 0) is 11.3 Å². The monoisotopic (exact) mass is 340 g/mol. The molecule has 3 heterocycles. The van der Waals surface area contributed by atoms with Gasteiger partial charge in [-0.1, -0.05) is 12.1 Å². The highest BCUT2D eigenvalue weighted by Crippen LogP contribution is 2.17. The van der Waals surface area contributed by atoms with Gasteiger partial charge in [0.05, 0.1) is 12.1 Å². The summed E-state index contributed by atoms with van der Waals surface area (Å²) in [5, 5.41) is 7.65. The number of likely N-dealkylation sites (tertiary alicyclic amines) is 1. The third-order valence-corrected chi connectivity index (χ3v) is 4.20. The van der Waals surface area contributed by atoms with E-state index in [0.717, 1.165) is 0 Å². The number of hydrogen-bond donors (Lipinski definition) is 0. The van der Waals surface area contributed by atoms with E-state index < -0.39 is 5.76 Å². The summed E-state index contributed by atoms with van der Waals surface area (Å²) >= 11 is 0. The van der Waals surface area contributed by atoms with Gasteiger partial charge in [-0.05, 0) is 18.2 Å². The maximum absolute atomic E-state index is 12.5. The van der Waals surface area contributed by atoms with Crippen LogP contribution in [0, 0.1) is 0 Å². The molecular weight excluding hydrogens is 324 g/mol. The van der Waals surface area contributed by atoms with E-state index >= 15 is 0 Å². The Bertz CT molecular complexity index is 950. The van der Waals surface area contributed by atoms with E-state index in [1.807, 2.05) is 0 Å². The summed E-state index contributed by atoms with van der Waals surface area (Å²) in [7, 11) is 0. The van der Waals surface area contributed by atoms with Crippen LogP contribution in [0.2, 0.25) is 0 Å². The van der Waals surface area contributed by atoms with E-state index in [1.165, 1.54) is 4.57 Å². The predicted molar refractivity (Wildman–Crippen MR) is 88.1 cm³/mol. The number of rotatable bonds is 4. The first kappa shape index (κ1) is 15.4. The molecule has 2 aromatic heterocycles. The largest absolute Gasteiger partial charge is 0.471 e. The summed E-state index contributed by atoms with van der Waals surface area (Å²) in [6.45, 7) is 0.988. The average molecular weight is 340 g/mol. The fourth-order valence-corrected chi connectivity index (χ4v) is 2.97. The number of benzene rings is 1. The van der Waals surface area contributed by atoms with E-state index in [4.69, 9.17) is 9.15 Å². The molecular formula is C17H16N4O4. The van der Waals surface area contributed by atoms with Crippen LogP contribution in [0.1, 0.15) is 6.42 Å². The quantitative estimate of drug-likeness (QED) is 0.705. The van der Waals surface area contributed by atoms with Gasteiger partial charge in [0.1, 0.15) is 12.6 Å². The van der Waals surface area contributed by atoms with Crippen LogP contribution in [0.5, 0.6) is 5.88 Å². The first-order chi connectivity index (χ1) is 12.2. The predicted octanol–water partition coefficient (Wildman–Crippen LogP) is 1.06. The third kappa shape index (κ3) is 3.10. The molecule has 1 amide bonds. The Hall–Kier alpha value is -3.16. The molecule has 0 bridgehead atoms. The van der Waals surface area contributed by atoms with E-state index in [2.05, 4.69) is 10.2 Å². The Morgan fingerprint density at radius 2 is 2.16 bits per heavy atom. The molecule has 0 N–H and O–H groups in total. The Kier molecular flexibility index (Phi) is 3.93. The molecule has 1 aliphatic heterocycles. The lowest BCUT2D eigenvalue weighted by atomic mass is 10.3. The number of carbonyl (C=O) groups is 1. The SMILES string of the molecule is O=C(Cn1c(=O)oc2ccccc21)N1CC[C@H](Oc2cccnn2)C1. The summed E-state index contributed by atoms with van der Waals surface area (Å²) in [5.74, 6) is -0.223. The molecule has 25 heavy (non-hydrogen) atoms. The molecule has 0 unspecified atom stereocenters. The smallest absolute Gasteiger partial charge is 0.420 e. The lowest BCUT2D eigenvalue weighted by Gasteiger charge is -2.17. The van der Waals surface area contributed by atoms with Gasteiger partial charge in [-0.25, -0.2) is 4.79 Å². The van der Waals surface area contributed by atoms with Gasteiger partial charge in [-0.2, -0.15) is 5.10 Å². The van der Waals surface area contributed by atoms with Crippen molar-refractivity contribution in [2.75, 3.05) is 13.1 Å². The second-order valence-corrected chi connectivity index (χ2v) is 5.85. The van der Waals surface area contributed by atoms with Crippen molar-refractivity contribution in [2.24, 2.45) is 0 Å². The number of nitrogens with zero attached hydrogens (tertiary/aromatic N) is 4. The second-order valence-electron chi connectivity index (χ2n) is 5.85. The van der Waals surface area contributed by atoms with Crippen LogP contribution in [0.25, 0.3) is 11.1 Å². The highest BCUT2D eigenvalue weighted by atomic mass is 16.5. The van der Waals surface area contributed by atoms with Crippen molar-refractivity contribution in [3.8, 4) is 5.88 Å². The van der Waals surface area contributed by atoms with Crippen LogP contribution in [-0.4, -0.2) is 44.8 Å². The van der Waals surface area contributed by atoms with E-state index in [9.17, 15) is 9.59 Å². The van der Waals surface area contributed by atoms with E-state index in [-0.39, 0.29) is 18.6 Å².